The number of Topliss-reactive ketones (excluding diaryl/α,β-unsaturated/α-hetero) is 1. The van der Waals surface area contributed by atoms with Gasteiger partial charge in [-0.2, -0.15) is 0 Å². The van der Waals surface area contributed by atoms with E-state index in [1.807, 2.05) is 123 Å². The Labute approximate surface area is 752 Å². The van der Waals surface area contributed by atoms with Crippen LogP contribution in [0.4, 0.5) is 4.79 Å². The van der Waals surface area contributed by atoms with E-state index in [0.29, 0.717) is 45.4 Å². The van der Waals surface area contributed by atoms with Crippen molar-refractivity contribution in [2.75, 3.05) is 19.8 Å². The zero-order valence-electron chi connectivity index (χ0n) is 76.6. The fraction of sp³-hybridized carbons (Fsp3) is 0.444. The fourth-order valence-corrected chi connectivity index (χ4v) is 14.1. The molecule has 0 saturated heterocycles. The molecule has 29 nitrogen and oxygen atoms in total. The molecule has 0 unspecified atom stereocenters. The molecule has 12 amide bonds. The summed E-state index contributed by atoms with van der Waals surface area (Å²) in [5.74, 6) is -11.4. The van der Waals surface area contributed by atoms with Crippen LogP contribution in [-0.4, -0.2) is 173 Å². The number of primary amides is 1. The summed E-state index contributed by atoms with van der Waals surface area (Å²) in [5.41, 5.74) is 3.35. The number of nitrogens with two attached hydrogens (primary N) is 1. The lowest BCUT2D eigenvalue weighted by Gasteiger charge is -2.37. The number of carbonyl (C=O) groups is 13. The van der Waals surface area contributed by atoms with Gasteiger partial charge < -0.3 is 83.2 Å². The van der Waals surface area contributed by atoms with Crippen molar-refractivity contribution in [3.63, 3.8) is 0 Å². The Kier molecular flexibility index (Phi) is 38.0. The van der Waals surface area contributed by atoms with Gasteiger partial charge in [0.1, 0.15) is 65.0 Å². The molecule has 0 radical (unpaired) electrons. The molecule has 7 rings (SSSR count). The maximum absolute atomic E-state index is 16.1. The number of nitrogens with one attached hydrogen (secondary N) is 11. The highest BCUT2D eigenvalue weighted by molar-refractivity contribution is 6.01. The summed E-state index contributed by atoms with van der Waals surface area (Å²) in [6, 6.07) is 49.3. The molecular formula is C99H130N12O17. The fourth-order valence-electron chi connectivity index (χ4n) is 14.1. The van der Waals surface area contributed by atoms with E-state index in [0.717, 1.165) is 0 Å². The second-order valence-electron chi connectivity index (χ2n) is 36.4. The summed E-state index contributed by atoms with van der Waals surface area (Å²) in [6.45, 7) is 27.9. The molecule has 7 aromatic carbocycles. The van der Waals surface area contributed by atoms with Crippen molar-refractivity contribution >= 4 is 76.9 Å². The van der Waals surface area contributed by atoms with Crippen LogP contribution in [0, 0.1) is 11.8 Å². The number of ether oxygens (including phenoxy) is 4. The largest absolute Gasteiger partial charge is 0.444 e. The van der Waals surface area contributed by atoms with E-state index < -0.39 is 203 Å². The predicted molar refractivity (Wildman–Crippen MR) is 488 cm³/mol. The normalized spacial score (nSPS) is 14.3. The average molecular weight is 1760 g/mol. The van der Waals surface area contributed by atoms with Gasteiger partial charge in [0, 0.05) is 12.8 Å². The van der Waals surface area contributed by atoms with Gasteiger partial charge in [-0.25, -0.2) is 4.79 Å². The molecule has 128 heavy (non-hydrogen) atoms. The Hall–Kier alpha value is -12.5. The molecule has 7 aromatic rings. The van der Waals surface area contributed by atoms with Crippen molar-refractivity contribution in [2.45, 2.75) is 251 Å². The molecule has 0 aliphatic heterocycles. The molecule has 0 heterocycles. The summed E-state index contributed by atoms with van der Waals surface area (Å²) in [4.78, 5) is 192. The summed E-state index contributed by atoms with van der Waals surface area (Å²) < 4.78 is 23.4. The minimum absolute atomic E-state index is 0.0618. The van der Waals surface area contributed by atoms with Crippen molar-refractivity contribution in [2.24, 2.45) is 17.6 Å². The SMILES string of the molecule is CC[C@H](C)[C@H](NC(=O)[C@H](C)NC(=O)CCC(=O)[C@H](Cc1ccccc1)NC(=O)[C@H](CC(=O)NC(c1ccccc1)(c1ccccc1)c1ccccc1)NC(=O)[C@H](CC(=O)NC(c1ccccc1)(c1ccccc1)c1ccccc1)NC(=O)[C@H](COC(C)(C)C)NC(=O)OC(C)(C)C)C(=O)N[C@@H](CC(C)C)C(=O)N[C@@H](COC(C)(C)C)C(=O)N[C@@H](COC(C)(C)C)C(N)=O. The lowest BCUT2D eigenvalue weighted by Crippen LogP contribution is -2.61. The van der Waals surface area contributed by atoms with Gasteiger partial charge in [-0.15, -0.1) is 0 Å². The lowest BCUT2D eigenvalue weighted by atomic mass is 9.77. The van der Waals surface area contributed by atoms with E-state index in [9.17, 15) is 33.6 Å². The third-order valence-electron chi connectivity index (χ3n) is 20.8. The van der Waals surface area contributed by atoms with Crippen molar-refractivity contribution < 1.29 is 81.3 Å². The quantitative estimate of drug-likeness (QED) is 0.0158. The van der Waals surface area contributed by atoms with E-state index in [-0.39, 0.29) is 32.0 Å². The number of alkyl carbamates (subject to hydrolysis) is 1. The highest BCUT2D eigenvalue weighted by Crippen LogP contribution is 2.39. The number of amides is 12. The lowest BCUT2D eigenvalue weighted by molar-refractivity contribution is -0.138. The molecule has 0 aliphatic rings. The molecule has 0 fully saturated rings. The van der Waals surface area contributed by atoms with Gasteiger partial charge in [0.25, 0.3) is 0 Å². The number of ketones is 1. The van der Waals surface area contributed by atoms with E-state index in [1.54, 1.807) is 200 Å². The summed E-state index contributed by atoms with van der Waals surface area (Å²) in [7, 11) is 0. The summed E-state index contributed by atoms with van der Waals surface area (Å²) >= 11 is 0. The van der Waals surface area contributed by atoms with Crippen LogP contribution in [0.3, 0.4) is 0 Å². The maximum atomic E-state index is 16.1. The Morgan fingerprint density at radius 1 is 0.328 bits per heavy atom. The van der Waals surface area contributed by atoms with Crippen LogP contribution in [0.25, 0.3) is 0 Å². The first-order valence-electron chi connectivity index (χ1n) is 43.4. The zero-order chi connectivity index (χ0) is 94.3. The molecular weight excluding hydrogens is 1630 g/mol. The topological polar surface area (TPSA) is 417 Å². The highest BCUT2D eigenvalue weighted by atomic mass is 16.6. The van der Waals surface area contributed by atoms with Crippen LogP contribution in [0.15, 0.2) is 212 Å². The molecule has 0 aromatic heterocycles. The standard InChI is InChI=1S/C99H130N12O17/c1-18-64(4)84(92(123)105-74(56-63(2)3)87(118)107-78(61-126-95(9,10)11)90(121)106-77(85(100)116)60-125-94(6,7)8)109-86(117)65(5)101-81(113)55-54-80(112)73(57-66-40-26-19-27-41-66)102-88(119)75(58-82(114)110-98(67-42-28-20-29-43-67,68-44-30-21-31-45-68)69-46-32-22-33-47-69)103-89(120)76(104-91(122)79(62-127-96(12,13)14)108-93(124)128-97(15,16)17)59-83(115)111-99(70-48-34-23-35-49-70,71-50-36-24-37-51-71)72-52-38-25-39-53-72/h19-53,63-65,73-79,84H,18,54-62H2,1-17H3,(H2,100,116)(H,101,113)(H,102,119)(H,103,120)(H,104,122)(H,105,123)(H,106,121)(H,107,118)(H,108,124)(H,109,117)(H,110,114)(H,111,115)/t64-,65-,73-,74-,75-,76-,77-,78-,79-,84-/m0/s1. The predicted octanol–water partition coefficient (Wildman–Crippen LogP) is 9.39. The Morgan fingerprint density at radius 2 is 0.641 bits per heavy atom. The van der Waals surface area contributed by atoms with Gasteiger partial charge in [-0.05, 0) is 154 Å². The van der Waals surface area contributed by atoms with Gasteiger partial charge in [0.15, 0.2) is 5.78 Å². The van der Waals surface area contributed by atoms with Crippen LogP contribution in [0.5, 0.6) is 0 Å². The van der Waals surface area contributed by atoms with Crippen LogP contribution in [0.2, 0.25) is 0 Å². The van der Waals surface area contributed by atoms with Gasteiger partial charge in [-0.1, -0.05) is 246 Å². The highest BCUT2D eigenvalue weighted by Gasteiger charge is 2.44. The number of hydrogen-bond acceptors (Lipinski definition) is 17. The van der Waals surface area contributed by atoms with E-state index in [2.05, 4.69) is 58.5 Å². The van der Waals surface area contributed by atoms with E-state index in [4.69, 9.17) is 24.7 Å². The Bertz CT molecular complexity index is 4640. The van der Waals surface area contributed by atoms with E-state index >= 15 is 28.8 Å². The first kappa shape index (κ1) is 103. The molecule has 29 heteroatoms. The molecule has 0 aliphatic carbocycles. The first-order chi connectivity index (χ1) is 60.3. The van der Waals surface area contributed by atoms with Crippen molar-refractivity contribution in [3.8, 4) is 0 Å². The molecule has 0 spiro atoms. The Morgan fingerprint density at radius 3 is 0.984 bits per heavy atom. The van der Waals surface area contributed by atoms with Crippen LogP contribution in [0.1, 0.15) is 195 Å². The zero-order valence-corrected chi connectivity index (χ0v) is 76.6. The first-order valence-corrected chi connectivity index (χ1v) is 43.4. The Balaban J connectivity index is 1.23. The minimum Gasteiger partial charge on any atom is -0.444 e. The minimum atomic E-state index is -1.98. The number of rotatable bonds is 45. The summed E-state index contributed by atoms with van der Waals surface area (Å²) in [6.07, 6.45) is -3.72. The van der Waals surface area contributed by atoms with Crippen molar-refractivity contribution in [1.29, 1.82) is 0 Å². The molecule has 13 N–H and O–H groups in total. The van der Waals surface area contributed by atoms with Crippen molar-refractivity contribution in [1.82, 2.24) is 58.5 Å². The number of hydrogen-bond donors (Lipinski definition) is 12. The number of benzene rings is 7. The summed E-state index contributed by atoms with van der Waals surface area (Å²) in [5, 5.41) is 30.6. The molecule has 0 bridgehead atoms. The maximum Gasteiger partial charge on any atom is 0.408 e. The van der Waals surface area contributed by atoms with E-state index in [1.165, 1.54) is 6.92 Å². The van der Waals surface area contributed by atoms with Crippen molar-refractivity contribution in [3.05, 3.63) is 251 Å². The van der Waals surface area contributed by atoms with Crippen LogP contribution in [-0.2, 0) is 94.0 Å². The number of carbonyl (C=O) groups excluding carboxylic acids is 13. The average Bonchev–Trinajstić information content (AvgIpc) is 0.756. The smallest absolute Gasteiger partial charge is 0.408 e. The van der Waals surface area contributed by atoms with Crippen LogP contribution >= 0.6 is 0 Å². The third kappa shape index (κ3) is 32.1. The molecule has 0 saturated carbocycles. The monoisotopic (exact) mass is 1760 g/mol. The molecule has 688 valence electrons. The van der Waals surface area contributed by atoms with Gasteiger partial charge >= 0.3 is 6.09 Å². The van der Waals surface area contributed by atoms with Gasteiger partial charge in [-0.3, -0.25) is 57.5 Å². The molecule has 10 atom stereocenters. The van der Waals surface area contributed by atoms with Crippen LogP contribution < -0.4 is 64.2 Å². The third-order valence-corrected chi connectivity index (χ3v) is 20.8. The second kappa shape index (κ2) is 47.4. The van der Waals surface area contributed by atoms with Gasteiger partial charge in [0.2, 0.25) is 65.0 Å². The van der Waals surface area contributed by atoms with Gasteiger partial charge in [0.05, 0.1) is 55.5 Å². The second-order valence-corrected chi connectivity index (χ2v) is 36.4.